The van der Waals surface area contributed by atoms with E-state index in [0.717, 1.165) is 21.7 Å². The summed E-state index contributed by atoms with van der Waals surface area (Å²) in [6.45, 7) is 8.35. The van der Waals surface area contributed by atoms with Crippen molar-refractivity contribution in [1.29, 1.82) is 0 Å². The average Bonchev–Trinajstić information content (AvgIpc) is 2.93. The molecule has 1 aromatic heterocycles. The predicted octanol–water partition coefficient (Wildman–Crippen LogP) is 4.73. The van der Waals surface area contributed by atoms with Crippen LogP contribution in [0.25, 0.3) is 0 Å². The van der Waals surface area contributed by atoms with Crippen molar-refractivity contribution in [2.75, 3.05) is 17.2 Å². The second-order valence-corrected chi connectivity index (χ2v) is 8.15. The first-order chi connectivity index (χ1) is 12.8. The Balaban J connectivity index is 1.88. The van der Waals surface area contributed by atoms with Crippen LogP contribution in [-0.4, -0.2) is 24.2 Å². The normalized spacial score (nSPS) is 15.0. The monoisotopic (exact) mass is 388 g/mol. The van der Waals surface area contributed by atoms with Crippen LogP contribution in [0.5, 0.6) is 0 Å². The molecule has 3 rings (SSSR count). The first-order valence-electron chi connectivity index (χ1n) is 8.90. The SMILES string of the molecule is CCOC(=O)c1c(NC(=O)Nc2ccccc2C)sc2c1CC(C)(C)OC2. The second-order valence-electron chi connectivity index (χ2n) is 7.05. The summed E-state index contributed by atoms with van der Waals surface area (Å²) >= 11 is 1.36. The first kappa shape index (κ1) is 19.4. The van der Waals surface area contributed by atoms with E-state index in [9.17, 15) is 9.59 Å². The molecule has 0 unspecified atom stereocenters. The molecule has 0 fully saturated rings. The number of rotatable bonds is 4. The van der Waals surface area contributed by atoms with Gasteiger partial charge in [0, 0.05) is 17.0 Å². The van der Waals surface area contributed by atoms with E-state index in [-0.39, 0.29) is 12.2 Å². The maximum atomic E-state index is 12.6. The highest BCUT2D eigenvalue weighted by atomic mass is 32.1. The molecule has 1 aliphatic rings. The van der Waals surface area contributed by atoms with Crippen LogP contribution in [0.15, 0.2) is 24.3 Å². The second kappa shape index (κ2) is 7.70. The average molecular weight is 388 g/mol. The maximum absolute atomic E-state index is 12.6. The minimum Gasteiger partial charge on any atom is -0.462 e. The summed E-state index contributed by atoms with van der Waals surface area (Å²) in [5.74, 6) is -0.418. The number of carbonyl (C=O) groups is 2. The van der Waals surface area contributed by atoms with Gasteiger partial charge in [0.2, 0.25) is 0 Å². The lowest BCUT2D eigenvalue weighted by Crippen LogP contribution is -2.32. The number of amides is 2. The van der Waals surface area contributed by atoms with Crippen LogP contribution in [-0.2, 0) is 22.5 Å². The summed E-state index contributed by atoms with van der Waals surface area (Å²) < 4.78 is 11.1. The number of hydrogen-bond acceptors (Lipinski definition) is 5. The highest BCUT2D eigenvalue weighted by molar-refractivity contribution is 7.17. The molecule has 0 aliphatic carbocycles. The van der Waals surface area contributed by atoms with Gasteiger partial charge in [-0.05, 0) is 44.9 Å². The van der Waals surface area contributed by atoms with Crippen LogP contribution in [0, 0.1) is 6.92 Å². The van der Waals surface area contributed by atoms with Crippen molar-refractivity contribution < 1.29 is 19.1 Å². The van der Waals surface area contributed by atoms with E-state index in [2.05, 4.69) is 10.6 Å². The highest BCUT2D eigenvalue weighted by Gasteiger charge is 2.34. The molecule has 6 nitrogen and oxygen atoms in total. The van der Waals surface area contributed by atoms with E-state index in [1.807, 2.05) is 45.0 Å². The van der Waals surface area contributed by atoms with Crippen molar-refractivity contribution in [1.82, 2.24) is 0 Å². The lowest BCUT2D eigenvalue weighted by atomic mass is 9.93. The topological polar surface area (TPSA) is 76.7 Å². The van der Waals surface area contributed by atoms with Gasteiger partial charge in [-0.25, -0.2) is 9.59 Å². The Labute approximate surface area is 162 Å². The number of fused-ring (bicyclic) bond motifs is 1. The molecular weight excluding hydrogens is 364 g/mol. The molecule has 0 radical (unpaired) electrons. The number of hydrogen-bond donors (Lipinski definition) is 2. The standard InChI is InChI=1S/C20H24N2O4S/c1-5-25-18(23)16-13-10-20(3,4)26-11-15(13)27-17(16)22-19(24)21-14-9-7-6-8-12(14)2/h6-9H,5,10-11H2,1-4H3,(H2,21,22,24). The molecular formula is C20H24N2O4S. The molecule has 0 saturated heterocycles. The van der Waals surface area contributed by atoms with Crippen LogP contribution in [0.2, 0.25) is 0 Å². The zero-order chi connectivity index (χ0) is 19.6. The van der Waals surface area contributed by atoms with Gasteiger partial charge in [-0.15, -0.1) is 11.3 Å². The van der Waals surface area contributed by atoms with Crippen LogP contribution >= 0.6 is 11.3 Å². The van der Waals surface area contributed by atoms with Crippen LogP contribution in [0.3, 0.4) is 0 Å². The van der Waals surface area contributed by atoms with E-state index in [1.165, 1.54) is 11.3 Å². The zero-order valence-corrected chi connectivity index (χ0v) is 16.8. The summed E-state index contributed by atoms with van der Waals surface area (Å²) in [5.41, 5.74) is 2.65. The number of ether oxygens (including phenoxy) is 2. The molecule has 2 aromatic rings. The third kappa shape index (κ3) is 4.31. The van der Waals surface area contributed by atoms with Gasteiger partial charge in [-0.1, -0.05) is 18.2 Å². The molecule has 2 N–H and O–H groups in total. The van der Waals surface area contributed by atoms with Crippen LogP contribution < -0.4 is 10.6 Å². The highest BCUT2D eigenvalue weighted by Crippen LogP contribution is 2.40. The van der Waals surface area contributed by atoms with E-state index in [1.54, 1.807) is 6.92 Å². The van der Waals surface area contributed by atoms with Crippen molar-refractivity contribution in [2.45, 2.75) is 46.3 Å². The fourth-order valence-corrected chi connectivity index (χ4v) is 4.14. The fraction of sp³-hybridized carbons (Fsp3) is 0.400. The van der Waals surface area contributed by atoms with Crippen molar-refractivity contribution in [3.63, 3.8) is 0 Å². The Bertz CT molecular complexity index is 873. The number of esters is 1. The van der Waals surface area contributed by atoms with E-state index in [0.29, 0.717) is 23.6 Å². The Morgan fingerprint density at radius 3 is 2.70 bits per heavy atom. The van der Waals surface area contributed by atoms with Crippen molar-refractivity contribution in [2.24, 2.45) is 0 Å². The maximum Gasteiger partial charge on any atom is 0.341 e. The van der Waals surface area contributed by atoms with Gasteiger partial charge in [0.15, 0.2) is 0 Å². The molecule has 1 aliphatic heterocycles. The Morgan fingerprint density at radius 2 is 2.00 bits per heavy atom. The first-order valence-corrected chi connectivity index (χ1v) is 9.71. The number of benzene rings is 1. The molecule has 2 heterocycles. The van der Waals surface area contributed by atoms with Gasteiger partial charge in [0.05, 0.1) is 24.4 Å². The van der Waals surface area contributed by atoms with E-state index in [4.69, 9.17) is 9.47 Å². The van der Waals surface area contributed by atoms with Gasteiger partial charge < -0.3 is 14.8 Å². The lowest BCUT2D eigenvalue weighted by molar-refractivity contribution is -0.0384. The Morgan fingerprint density at radius 1 is 1.26 bits per heavy atom. The molecule has 0 saturated carbocycles. The van der Waals surface area contributed by atoms with E-state index >= 15 is 0 Å². The molecule has 0 atom stereocenters. The number of urea groups is 1. The minimum atomic E-state index is -0.418. The largest absolute Gasteiger partial charge is 0.462 e. The number of nitrogens with one attached hydrogen (secondary N) is 2. The van der Waals surface area contributed by atoms with Gasteiger partial charge in [-0.3, -0.25) is 5.32 Å². The number of para-hydroxylation sites is 1. The van der Waals surface area contributed by atoms with Gasteiger partial charge in [0.1, 0.15) is 5.00 Å². The van der Waals surface area contributed by atoms with Crippen molar-refractivity contribution in [3.05, 3.63) is 45.8 Å². The smallest absolute Gasteiger partial charge is 0.341 e. The zero-order valence-electron chi connectivity index (χ0n) is 16.0. The Kier molecular flexibility index (Phi) is 5.53. The van der Waals surface area contributed by atoms with Crippen LogP contribution in [0.4, 0.5) is 15.5 Å². The fourth-order valence-electron chi connectivity index (χ4n) is 3.03. The van der Waals surface area contributed by atoms with E-state index < -0.39 is 12.0 Å². The summed E-state index contributed by atoms with van der Waals surface area (Å²) in [6, 6.07) is 7.12. The quantitative estimate of drug-likeness (QED) is 0.743. The molecule has 1 aromatic carbocycles. The van der Waals surface area contributed by atoms with Gasteiger partial charge in [-0.2, -0.15) is 0 Å². The molecule has 0 bridgehead atoms. The number of thiophene rings is 1. The van der Waals surface area contributed by atoms with Gasteiger partial charge >= 0.3 is 12.0 Å². The summed E-state index contributed by atoms with van der Waals surface area (Å²) in [6.07, 6.45) is 0.591. The Hall–Kier alpha value is -2.38. The summed E-state index contributed by atoms with van der Waals surface area (Å²) in [7, 11) is 0. The molecule has 144 valence electrons. The number of aryl methyl sites for hydroxylation is 1. The molecule has 0 spiro atoms. The van der Waals surface area contributed by atoms with Crippen molar-refractivity contribution >= 4 is 34.0 Å². The summed E-state index contributed by atoms with van der Waals surface area (Å²) in [4.78, 5) is 26.0. The molecule has 7 heteroatoms. The third-order valence-electron chi connectivity index (χ3n) is 4.39. The van der Waals surface area contributed by atoms with Gasteiger partial charge in [0.25, 0.3) is 0 Å². The summed E-state index contributed by atoms with van der Waals surface area (Å²) in [5, 5.41) is 6.14. The number of carbonyl (C=O) groups excluding carboxylic acids is 2. The molecule has 2 amide bonds. The van der Waals surface area contributed by atoms with Crippen LogP contribution in [0.1, 0.15) is 47.1 Å². The third-order valence-corrected chi connectivity index (χ3v) is 5.51. The predicted molar refractivity (Wildman–Crippen MR) is 107 cm³/mol. The minimum absolute atomic E-state index is 0.276. The molecule has 27 heavy (non-hydrogen) atoms. The number of anilines is 2. The van der Waals surface area contributed by atoms with Crippen molar-refractivity contribution in [3.8, 4) is 0 Å². The lowest BCUT2D eigenvalue weighted by Gasteiger charge is -2.30.